The van der Waals surface area contributed by atoms with Gasteiger partial charge in [0, 0.05) is 5.56 Å². The number of rotatable bonds is 6. The van der Waals surface area contributed by atoms with Crippen LogP contribution in [0.4, 0.5) is 0 Å². The lowest BCUT2D eigenvalue weighted by atomic mass is 10.2. The molecule has 0 fully saturated rings. The lowest BCUT2D eigenvalue weighted by Crippen LogP contribution is -2.29. The Hall–Kier alpha value is -1.10. The molecular formula is C11H17NO3. The highest BCUT2D eigenvalue weighted by molar-refractivity contribution is 5.32. The molecule has 4 heteroatoms. The monoisotopic (exact) mass is 211 g/mol. The van der Waals surface area contributed by atoms with Crippen LogP contribution in [0, 0.1) is 0 Å². The Morgan fingerprint density at radius 1 is 1.40 bits per heavy atom. The number of para-hydroxylation sites is 1. The highest BCUT2D eigenvalue weighted by Crippen LogP contribution is 2.17. The third kappa shape index (κ3) is 3.87. The van der Waals surface area contributed by atoms with Crippen LogP contribution in [0.15, 0.2) is 24.3 Å². The van der Waals surface area contributed by atoms with Crippen LogP contribution in [0.1, 0.15) is 5.56 Å². The van der Waals surface area contributed by atoms with Crippen molar-refractivity contribution in [1.29, 1.82) is 0 Å². The minimum absolute atomic E-state index is 0.0636. The van der Waals surface area contributed by atoms with Gasteiger partial charge in [0.1, 0.15) is 5.75 Å². The van der Waals surface area contributed by atoms with E-state index in [-0.39, 0.29) is 12.6 Å². The molecule has 0 aliphatic carbocycles. The highest BCUT2D eigenvalue weighted by atomic mass is 16.5. The average molecular weight is 211 g/mol. The first-order valence-electron chi connectivity index (χ1n) is 4.84. The van der Waals surface area contributed by atoms with Gasteiger partial charge in [0.15, 0.2) is 0 Å². The average Bonchev–Trinajstić information content (AvgIpc) is 2.29. The van der Waals surface area contributed by atoms with E-state index in [0.717, 1.165) is 11.3 Å². The molecule has 3 N–H and O–H groups in total. The number of aliphatic hydroxyl groups is 1. The van der Waals surface area contributed by atoms with E-state index in [2.05, 4.69) is 0 Å². The predicted octanol–water partition coefficient (Wildman–Crippen LogP) is 0.531. The lowest BCUT2D eigenvalue weighted by molar-refractivity contribution is 0.0886. The molecule has 0 aromatic heterocycles. The van der Waals surface area contributed by atoms with Crippen molar-refractivity contribution in [2.45, 2.75) is 12.6 Å². The van der Waals surface area contributed by atoms with Gasteiger partial charge < -0.3 is 20.3 Å². The molecule has 1 rings (SSSR count). The SMILES string of the molecule is COc1ccccc1COC[C@H](N)CO. The fourth-order valence-corrected chi connectivity index (χ4v) is 1.20. The van der Waals surface area contributed by atoms with E-state index in [9.17, 15) is 0 Å². The van der Waals surface area contributed by atoms with E-state index in [4.69, 9.17) is 20.3 Å². The van der Waals surface area contributed by atoms with Crippen LogP contribution in [0.25, 0.3) is 0 Å². The molecule has 0 bridgehead atoms. The number of benzene rings is 1. The van der Waals surface area contributed by atoms with Crippen LogP contribution in [-0.2, 0) is 11.3 Å². The molecule has 0 radical (unpaired) electrons. The number of nitrogens with two attached hydrogens (primary N) is 1. The molecule has 0 saturated carbocycles. The predicted molar refractivity (Wildman–Crippen MR) is 57.7 cm³/mol. The van der Waals surface area contributed by atoms with E-state index in [1.165, 1.54) is 0 Å². The van der Waals surface area contributed by atoms with E-state index >= 15 is 0 Å². The van der Waals surface area contributed by atoms with Crippen molar-refractivity contribution >= 4 is 0 Å². The number of aliphatic hydroxyl groups excluding tert-OH is 1. The molecule has 0 spiro atoms. The van der Waals surface area contributed by atoms with Gasteiger partial charge in [-0.25, -0.2) is 0 Å². The minimum atomic E-state index is -0.320. The molecule has 0 heterocycles. The van der Waals surface area contributed by atoms with Crippen molar-refractivity contribution in [3.8, 4) is 5.75 Å². The van der Waals surface area contributed by atoms with Gasteiger partial charge in [-0.3, -0.25) is 0 Å². The van der Waals surface area contributed by atoms with E-state index in [1.54, 1.807) is 7.11 Å². The maximum Gasteiger partial charge on any atom is 0.124 e. The summed E-state index contributed by atoms with van der Waals surface area (Å²) < 4.78 is 10.5. The van der Waals surface area contributed by atoms with Gasteiger partial charge in [-0.15, -0.1) is 0 Å². The molecular weight excluding hydrogens is 194 g/mol. The maximum atomic E-state index is 8.70. The topological polar surface area (TPSA) is 64.7 Å². The van der Waals surface area contributed by atoms with Gasteiger partial charge >= 0.3 is 0 Å². The summed E-state index contributed by atoms with van der Waals surface area (Å²) in [4.78, 5) is 0. The summed E-state index contributed by atoms with van der Waals surface area (Å²) in [5.41, 5.74) is 6.48. The van der Waals surface area contributed by atoms with Crippen LogP contribution < -0.4 is 10.5 Å². The summed E-state index contributed by atoms with van der Waals surface area (Å²) in [6.45, 7) is 0.720. The molecule has 84 valence electrons. The molecule has 1 aromatic carbocycles. The zero-order chi connectivity index (χ0) is 11.1. The van der Waals surface area contributed by atoms with Crippen LogP contribution >= 0.6 is 0 Å². The number of hydrogen-bond acceptors (Lipinski definition) is 4. The number of hydrogen-bond donors (Lipinski definition) is 2. The van der Waals surface area contributed by atoms with Crippen LogP contribution in [0.5, 0.6) is 5.75 Å². The lowest BCUT2D eigenvalue weighted by Gasteiger charge is -2.11. The minimum Gasteiger partial charge on any atom is -0.496 e. The van der Waals surface area contributed by atoms with Gasteiger partial charge in [0.05, 0.1) is 33.0 Å². The largest absolute Gasteiger partial charge is 0.496 e. The Morgan fingerprint density at radius 3 is 2.80 bits per heavy atom. The summed E-state index contributed by atoms with van der Waals surface area (Å²) in [5.74, 6) is 0.801. The van der Waals surface area contributed by atoms with Crippen molar-refractivity contribution in [2.24, 2.45) is 5.73 Å². The number of methoxy groups -OCH3 is 1. The third-order valence-electron chi connectivity index (χ3n) is 2.02. The third-order valence-corrected chi connectivity index (χ3v) is 2.02. The van der Waals surface area contributed by atoms with Gasteiger partial charge in [-0.05, 0) is 6.07 Å². The van der Waals surface area contributed by atoms with Gasteiger partial charge in [0.2, 0.25) is 0 Å². The Bertz CT molecular complexity index is 291. The summed E-state index contributed by atoms with van der Waals surface area (Å²) >= 11 is 0. The summed E-state index contributed by atoms with van der Waals surface area (Å²) in [6, 6.07) is 7.32. The Labute approximate surface area is 89.6 Å². The first-order chi connectivity index (χ1) is 7.27. The second-order valence-electron chi connectivity index (χ2n) is 3.27. The molecule has 0 amide bonds. The molecule has 1 atom stereocenters. The van der Waals surface area contributed by atoms with Crippen LogP contribution in [0.2, 0.25) is 0 Å². The molecule has 15 heavy (non-hydrogen) atoms. The van der Waals surface area contributed by atoms with E-state index < -0.39 is 0 Å². The second-order valence-corrected chi connectivity index (χ2v) is 3.27. The normalized spacial score (nSPS) is 12.5. The van der Waals surface area contributed by atoms with Crippen molar-refractivity contribution < 1.29 is 14.6 Å². The van der Waals surface area contributed by atoms with Crippen molar-refractivity contribution in [2.75, 3.05) is 20.3 Å². The van der Waals surface area contributed by atoms with Crippen molar-refractivity contribution in [3.63, 3.8) is 0 Å². The van der Waals surface area contributed by atoms with Gasteiger partial charge in [0.25, 0.3) is 0 Å². The van der Waals surface area contributed by atoms with Crippen LogP contribution in [0.3, 0.4) is 0 Å². The van der Waals surface area contributed by atoms with Gasteiger partial charge in [-0.1, -0.05) is 18.2 Å². The molecule has 0 aliphatic heterocycles. The quantitative estimate of drug-likeness (QED) is 0.720. The highest BCUT2D eigenvalue weighted by Gasteiger charge is 2.03. The fourth-order valence-electron chi connectivity index (χ4n) is 1.20. The Balaban J connectivity index is 2.43. The molecule has 0 unspecified atom stereocenters. The molecule has 4 nitrogen and oxygen atoms in total. The second kappa shape index (κ2) is 6.40. The summed E-state index contributed by atoms with van der Waals surface area (Å²) in [7, 11) is 1.62. The van der Waals surface area contributed by atoms with Gasteiger partial charge in [-0.2, -0.15) is 0 Å². The van der Waals surface area contributed by atoms with Crippen molar-refractivity contribution in [1.82, 2.24) is 0 Å². The van der Waals surface area contributed by atoms with Crippen LogP contribution in [-0.4, -0.2) is 31.5 Å². The first-order valence-corrected chi connectivity index (χ1v) is 4.84. The molecule has 0 aliphatic rings. The smallest absolute Gasteiger partial charge is 0.124 e. The Morgan fingerprint density at radius 2 is 2.13 bits per heavy atom. The standard InChI is InChI=1S/C11H17NO3/c1-14-11-5-3-2-4-9(11)7-15-8-10(12)6-13/h2-5,10,13H,6-8,12H2,1H3/t10-/m1/s1. The van der Waals surface area contributed by atoms with Crippen molar-refractivity contribution in [3.05, 3.63) is 29.8 Å². The summed E-state index contributed by atoms with van der Waals surface area (Å²) in [5, 5.41) is 8.70. The van der Waals surface area contributed by atoms with E-state index in [0.29, 0.717) is 13.2 Å². The zero-order valence-electron chi connectivity index (χ0n) is 8.85. The first kappa shape index (κ1) is 12.0. The number of ether oxygens (including phenoxy) is 2. The summed E-state index contributed by atoms with van der Waals surface area (Å²) in [6.07, 6.45) is 0. The molecule has 0 saturated heterocycles. The fraction of sp³-hybridized carbons (Fsp3) is 0.455. The zero-order valence-corrected chi connectivity index (χ0v) is 8.85. The maximum absolute atomic E-state index is 8.70. The van der Waals surface area contributed by atoms with E-state index in [1.807, 2.05) is 24.3 Å². The Kier molecular flexibility index (Phi) is 5.10. The molecule has 1 aromatic rings.